The summed E-state index contributed by atoms with van der Waals surface area (Å²) >= 11 is 0. The second kappa shape index (κ2) is 9.51. The van der Waals surface area contributed by atoms with Crippen molar-refractivity contribution in [2.24, 2.45) is 0 Å². The number of carbonyl (C=O) groups excluding carboxylic acids is 1. The SMILES string of the molecule is O=C(Nc1cc(CCCCc2ccccc2)ccc1C(=O)O)c1ccccc1. The van der Waals surface area contributed by atoms with Crippen molar-refractivity contribution in [1.82, 2.24) is 0 Å². The van der Waals surface area contributed by atoms with Crippen LogP contribution >= 0.6 is 0 Å². The predicted octanol–water partition coefficient (Wildman–Crippen LogP) is 5.20. The van der Waals surface area contributed by atoms with E-state index < -0.39 is 5.97 Å². The summed E-state index contributed by atoms with van der Waals surface area (Å²) in [6.45, 7) is 0. The van der Waals surface area contributed by atoms with Gasteiger partial charge in [0.1, 0.15) is 0 Å². The number of hydrogen-bond donors (Lipinski definition) is 2. The Kier molecular flexibility index (Phi) is 6.58. The molecule has 0 aliphatic heterocycles. The highest BCUT2D eigenvalue weighted by Gasteiger charge is 2.14. The van der Waals surface area contributed by atoms with Crippen LogP contribution in [0.5, 0.6) is 0 Å². The van der Waals surface area contributed by atoms with Crippen molar-refractivity contribution in [3.8, 4) is 0 Å². The van der Waals surface area contributed by atoms with Gasteiger partial charge in [0, 0.05) is 5.56 Å². The average Bonchev–Trinajstić information content (AvgIpc) is 2.72. The van der Waals surface area contributed by atoms with E-state index >= 15 is 0 Å². The molecule has 0 bridgehead atoms. The molecule has 0 saturated carbocycles. The van der Waals surface area contributed by atoms with E-state index in [1.54, 1.807) is 36.4 Å². The van der Waals surface area contributed by atoms with Crippen molar-refractivity contribution in [3.05, 3.63) is 101 Å². The van der Waals surface area contributed by atoms with E-state index in [1.807, 2.05) is 30.3 Å². The molecule has 0 saturated heterocycles. The number of amides is 1. The smallest absolute Gasteiger partial charge is 0.337 e. The monoisotopic (exact) mass is 373 g/mol. The Hall–Kier alpha value is -3.40. The van der Waals surface area contributed by atoms with E-state index in [4.69, 9.17) is 0 Å². The first-order chi connectivity index (χ1) is 13.6. The molecule has 4 heteroatoms. The van der Waals surface area contributed by atoms with Gasteiger partial charge in [0.2, 0.25) is 0 Å². The third-order valence-corrected chi connectivity index (χ3v) is 4.62. The van der Waals surface area contributed by atoms with Crippen LogP contribution in [0.1, 0.15) is 44.7 Å². The molecule has 2 N–H and O–H groups in total. The Morgan fingerprint density at radius 2 is 1.36 bits per heavy atom. The number of anilines is 1. The van der Waals surface area contributed by atoms with Gasteiger partial charge in [-0.2, -0.15) is 0 Å². The minimum atomic E-state index is -1.06. The summed E-state index contributed by atoms with van der Waals surface area (Å²) in [5, 5.41) is 12.2. The maximum Gasteiger partial charge on any atom is 0.337 e. The first kappa shape index (κ1) is 19.4. The number of nitrogens with one attached hydrogen (secondary N) is 1. The second-order valence-corrected chi connectivity index (χ2v) is 6.70. The Morgan fingerprint density at radius 3 is 2.00 bits per heavy atom. The molecule has 0 heterocycles. The normalized spacial score (nSPS) is 10.4. The average molecular weight is 373 g/mol. The van der Waals surface area contributed by atoms with Gasteiger partial charge in [-0.25, -0.2) is 4.79 Å². The van der Waals surface area contributed by atoms with Crippen molar-refractivity contribution in [2.75, 3.05) is 5.32 Å². The fourth-order valence-corrected chi connectivity index (χ4v) is 3.12. The lowest BCUT2D eigenvalue weighted by Gasteiger charge is -2.11. The Balaban J connectivity index is 1.65. The summed E-state index contributed by atoms with van der Waals surface area (Å²) < 4.78 is 0. The lowest BCUT2D eigenvalue weighted by Crippen LogP contribution is -2.15. The molecule has 0 spiro atoms. The zero-order chi connectivity index (χ0) is 19.8. The quantitative estimate of drug-likeness (QED) is 0.533. The number of carboxylic acid groups (broad SMARTS) is 1. The number of rotatable bonds is 8. The minimum Gasteiger partial charge on any atom is -0.478 e. The van der Waals surface area contributed by atoms with E-state index in [0.717, 1.165) is 31.2 Å². The minimum absolute atomic E-state index is 0.0947. The highest BCUT2D eigenvalue weighted by atomic mass is 16.4. The van der Waals surface area contributed by atoms with Gasteiger partial charge < -0.3 is 10.4 Å². The summed E-state index contributed by atoms with van der Waals surface area (Å²) in [4.78, 5) is 23.9. The van der Waals surface area contributed by atoms with Crippen LogP contribution in [0.4, 0.5) is 5.69 Å². The van der Waals surface area contributed by atoms with Gasteiger partial charge in [-0.1, -0.05) is 54.6 Å². The summed E-state index contributed by atoms with van der Waals surface area (Å²) in [6, 6.07) is 24.3. The molecule has 0 aromatic heterocycles. The first-order valence-electron chi connectivity index (χ1n) is 9.40. The van der Waals surface area contributed by atoms with Gasteiger partial charge in [0.15, 0.2) is 0 Å². The molecule has 4 nitrogen and oxygen atoms in total. The first-order valence-corrected chi connectivity index (χ1v) is 9.40. The molecular weight excluding hydrogens is 350 g/mol. The maximum absolute atomic E-state index is 12.4. The van der Waals surface area contributed by atoms with Crippen LogP contribution in [0.2, 0.25) is 0 Å². The highest BCUT2D eigenvalue weighted by Crippen LogP contribution is 2.21. The summed E-state index contributed by atoms with van der Waals surface area (Å²) in [7, 11) is 0. The lowest BCUT2D eigenvalue weighted by atomic mass is 10.0. The van der Waals surface area contributed by atoms with Crippen molar-refractivity contribution in [2.45, 2.75) is 25.7 Å². The molecule has 0 aliphatic rings. The van der Waals surface area contributed by atoms with Crippen molar-refractivity contribution in [3.63, 3.8) is 0 Å². The Bertz CT molecular complexity index is 937. The Morgan fingerprint density at radius 1 is 0.750 bits per heavy atom. The van der Waals surface area contributed by atoms with Gasteiger partial charge in [0.25, 0.3) is 5.91 Å². The number of carbonyl (C=O) groups is 2. The van der Waals surface area contributed by atoms with Gasteiger partial charge in [-0.3, -0.25) is 4.79 Å². The number of aryl methyl sites for hydroxylation is 2. The number of benzene rings is 3. The standard InChI is InChI=1S/C24H23NO3/c26-23(20-13-5-2-6-14-20)25-22-17-19(15-16-21(22)24(27)28)12-8-7-11-18-9-3-1-4-10-18/h1-6,9-10,13-17H,7-8,11-12H2,(H,25,26)(H,27,28). The topological polar surface area (TPSA) is 66.4 Å². The van der Waals surface area contributed by atoms with Crippen LogP contribution < -0.4 is 5.32 Å². The molecule has 28 heavy (non-hydrogen) atoms. The number of hydrogen-bond acceptors (Lipinski definition) is 2. The summed E-state index contributed by atoms with van der Waals surface area (Å²) in [6.07, 6.45) is 3.90. The van der Waals surface area contributed by atoms with Gasteiger partial charge >= 0.3 is 5.97 Å². The third-order valence-electron chi connectivity index (χ3n) is 4.62. The lowest BCUT2D eigenvalue weighted by molar-refractivity contribution is 0.0698. The fourth-order valence-electron chi connectivity index (χ4n) is 3.12. The fraction of sp³-hybridized carbons (Fsp3) is 0.167. The zero-order valence-corrected chi connectivity index (χ0v) is 15.6. The maximum atomic E-state index is 12.4. The largest absolute Gasteiger partial charge is 0.478 e. The molecule has 142 valence electrons. The molecule has 1 amide bonds. The molecule has 0 atom stereocenters. The van der Waals surface area contributed by atoms with E-state index in [2.05, 4.69) is 17.4 Å². The van der Waals surface area contributed by atoms with Crippen LogP contribution in [0.15, 0.2) is 78.9 Å². The predicted molar refractivity (Wildman–Crippen MR) is 111 cm³/mol. The number of carboxylic acids is 1. The Labute approximate surface area is 164 Å². The van der Waals surface area contributed by atoms with Crippen LogP contribution in [0.25, 0.3) is 0 Å². The van der Waals surface area contributed by atoms with Gasteiger partial charge in [-0.05, 0) is 61.1 Å². The molecule has 3 aromatic carbocycles. The highest BCUT2D eigenvalue weighted by molar-refractivity contribution is 6.07. The van der Waals surface area contributed by atoms with Gasteiger partial charge in [-0.15, -0.1) is 0 Å². The molecule has 3 aromatic rings. The van der Waals surface area contributed by atoms with Crippen LogP contribution in [-0.4, -0.2) is 17.0 Å². The number of aromatic carboxylic acids is 1. The molecule has 0 fully saturated rings. The second-order valence-electron chi connectivity index (χ2n) is 6.70. The van der Waals surface area contributed by atoms with Crippen molar-refractivity contribution < 1.29 is 14.7 Å². The van der Waals surface area contributed by atoms with Crippen molar-refractivity contribution >= 4 is 17.6 Å². The molecule has 0 radical (unpaired) electrons. The zero-order valence-electron chi connectivity index (χ0n) is 15.6. The summed E-state index contributed by atoms with van der Waals surface area (Å²) in [5.41, 5.74) is 3.26. The van der Waals surface area contributed by atoms with E-state index in [1.165, 1.54) is 5.56 Å². The van der Waals surface area contributed by atoms with E-state index in [-0.39, 0.29) is 11.5 Å². The van der Waals surface area contributed by atoms with Crippen LogP contribution in [0, 0.1) is 0 Å². The van der Waals surface area contributed by atoms with Crippen molar-refractivity contribution in [1.29, 1.82) is 0 Å². The van der Waals surface area contributed by atoms with E-state index in [0.29, 0.717) is 11.3 Å². The van der Waals surface area contributed by atoms with E-state index in [9.17, 15) is 14.7 Å². The third kappa shape index (κ3) is 5.30. The molecule has 0 aliphatic carbocycles. The molecule has 0 unspecified atom stereocenters. The van der Waals surface area contributed by atoms with Gasteiger partial charge in [0.05, 0.1) is 11.3 Å². The number of unbranched alkanes of at least 4 members (excludes halogenated alkanes) is 1. The van der Waals surface area contributed by atoms with Crippen LogP contribution in [0.3, 0.4) is 0 Å². The molecular formula is C24H23NO3. The molecule has 3 rings (SSSR count). The summed E-state index contributed by atoms with van der Waals surface area (Å²) in [5.74, 6) is -1.37. The van der Waals surface area contributed by atoms with Crippen LogP contribution in [-0.2, 0) is 12.8 Å².